The van der Waals surface area contributed by atoms with Gasteiger partial charge in [0.1, 0.15) is 11.4 Å². The molecule has 0 bridgehead atoms. The molecule has 1 heterocycles. The van der Waals surface area contributed by atoms with E-state index in [1.807, 2.05) is 30.3 Å². The molecular formula is C21H19F2N3O4. The lowest BCUT2D eigenvalue weighted by Gasteiger charge is -2.11. The van der Waals surface area contributed by atoms with Crippen LogP contribution in [0.1, 0.15) is 16.8 Å². The smallest absolute Gasteiger partial charge is 0.387 e. The third-order valence-corrected chi connectivity index (χ3v) is 4.31. The standard InChI is InChI=1S/C21H19F2N3O4/c1-13-16(26-30-18(13)14-7-3-2-4-8-14)12-25-20(28)19(27)24-11-15-9-5-6-10-17(15)29-21(22)23/h2-10,21H,11-12H2,1H3,(H,24,27)(H,25,28). The fraction of sp³-hybridized carbons (Fsp3) is 0.190. The minimum atomic E-state index is -2.99. The van der Waals surface area contributed by atoms with Gasteiger partial charge in [-0.1, -0.05) is 53.7 Å². The number of rotatable bonds is 7. The predicted octanol–water partition coefficient (Wildman–Crippen LogP) is 3.18. The Balaban J connectivity index is 1.55. The molecule has 9 heteroatoms. The quantitative estimate of drug-likeness (QED) is 0.578. The summed E-state index contributed by atoms with van der Waals surface area (Å²) >= 11 is 0. The molecule has 1 aromatic heterocycles. The average Bonchev–Trinajstić information content (AvgIpc) is 3.11. The van der Waals surface area contributed by atoms with Crippen LogP contribution in [0.15, 0.2) is 59.1 Å². The Bertz CT molecular complexity index is 1020. The summed E-state index contributed by atoms with van der Waals surface area (Å²) in [6.45, 7) is -1.33. The maximum Gasteiger partial charge on any atom is 0.387 e. The van der Waals surface area contributed by atoms with Gasteiger partial charge < -0.3 is 19.9 Å². The molecule has 7 nitrogen and oxygen atoms in total. The first-order valence-corrected chi connectivity index (χ1v) is 9.05. The fourth-order valence-electron chi connectivity index (χ4n) is 2.75. The number of carbonyl (C=O) groups excluding carboxylic acids is 2. The summed E-state index contributed by atoms with van der Waals surface area (Å²) < 4.78 is 34.6. The van der Waals surface area contributed by atoms with Crippen LogP contribution >= 0.6 is 0 Å². The molecule has 0 radical (unpaired) electrons. The Morgan fingerprint density at radius 1 is 1.00 bits per heavy atom. The molecule has 0 unspecified atom stereocenters. The van der Waals surface area contributed by atoms with Gasteiger partial charge in [-0.2, -0.15) is 8.78 Å². The number of nitrogens with zero attached hydrogens (tertiary/aromatic N) is 1. The summed E-state index contributed by atoms with van der Waals surface area (Å²) in [6, 6.07) is 15.4. The number of carbonyl (C=O) groups is 2. The summed E-state index contributed by atoms with van der Waals surface area (Å²) in [5, 5.41) is 8.78. The molecular weight excluding hydrogens is 396 g/mol. The molecule has 0 saturated carbocycles. The van der Waals surface area contributed by atoms with E-state index < -0.39 is 18.4 Å². The molecule has 3 aromatic rings. The second kappa shape index (κ2) is 9.64. The van der Waals surface area contributed by atoms with Gasteiger partial charge in [0.05, 0.1) is 6.54 Å². The predicted molar refractivity (Wildman–Crippen MR) is 103 cm³/mol. The summed E-state index contributed by atoms with van der Waals surface area (Å²) in [7, 11) is 0. The second-order valence-electron chi connectivity index (χ2n) is 6.30. The van der Waals surface area contributed by atoms with Gasteiger partial charge >= 0.3 is 18.4 Å². The fourth-order valence-corrected chi connectivity index (χ4v) is 2.75. The van der Waals surface area contributed by atoms with E-state index >= 15 is 0 Å². The minimum absolute atomic E-state index is 0.000495. The molecule has 2 amide bonds. The summed E-state index contributed by atoms with van der Waals surface area (Å²) in [6.07, 6.45) is 0. The topological polar surface area (TPSA) is 93.5 Å². The SMILES string of the molecule is Cc1c(CNC(=O)C(=O)NCc2ccccc2OC(F)F)noc1-c1ccccc1. The molecule has 2 aromatic carbocycles. The van der Waals surface area contributed by atoms with Crippen molar-refractivity contribution < 1.29 is 27.6 Å². The first kappa shape index (κ1) is 21.0. The number of ether oxygens (including phenoxy) is 1. The Morgan fingerprint density at radius 3 is 2.33 bits per heavy atom. The maximum absolute atomic E-state index is 12.4. The van der Waals surface area contributed by atoms with Gasteiger partial charge in [0.25, 0.3) is 0 Å². The van der Waals surface area contributed by atoms with E-state index in [4.69, 9.17) is 4.52 Å². The third-order valence-electron chi connectivity index (χ3n) is 4.31. The normalized spacial score (nSPS) is 10.7. The molecule has 0 aliphatic heterocycles. The Hall–Kier alpha value is -3.75. The molecule has 30 heavy (non-hydrogen) atoms. The lowest BCUT2D eigenvalue weighted by Crippen LogP contribution is -2.39. The van der Waals surface area contributed by atoms with Gasteiger partial charge in [0.15, 0.2) is 5.76 Å². The van der Waals surface area contributed by atoms with Gasteiger partial charge in [-0.15, -0.1) is 0 Å². The highest BCUT2D eigenvalue weighted by Crippen LogP contribution is 2.25. The zero-order valence-electron chi connectivity index (χ0n) is 16.0. The number of amides is 2. The van der Waals surface area contributed by atoms with Crippen molar-refractivity contribution in [2.24, 2.45) is 0 Å². The van der Waals surface area contributed by atoms with Crippen LogP contribution in [0.2, 0.25) is 0 Å². The van der Waals surface area contributed by atoms with E-state index in [2.05, 4.69) is 20.5 Å². The first-order valence-electron chi connectivity index (χ1n) is 9.05. The van der Waals surface area contributed by atoms with Gasteiger partial charge in [-0.25, -0.2) is 0 Å². The summed E-state index contributed by atoms with van der Waals surface area (Å²) in [5.74, 6) is -1.28. The van der Waals surface area contributed by atoms with Crippen molar-refractivity contribution >= 4 is 11.8 Å². The van der Waals surface area contributed by atoms with Gasteiger partial charge in [-0.05, 0) is 13.0 Å². The molecule has 3 rings (SSSR count). The largest absolute Gasteiger partial charge is 0.434 e. The average molecular weight is 415 g/mol. The Labute approximate surface area is 171 Å². The molecule has 156 valence electrons. The molecule has 0 spiro atoms. The highest BCUT2D eigenvalue weighted by molar-refractivity contribution is 6.35. The van der Waals surface area contributed by atoms with Gasteiger partial charge in [-0.3, -0.25) is 9.59 Å². The molecule has 0 atom stereocenters. The van der Waals surface area contributed by atoms with E-state index in [0.29, 0.717) is 17.0 Å². The third kappa shape index (κ3) is 5.19. The zero-order valence-corrected chi connectivity index (χ0v) is 16.0. The lowest BCUT2D eigenvalue weighted by atomic mass is 10.1. The van der Waals surface area contributed by atoms with Gasteiger partial charge in [0.2, 0.25) is 0 Å². The Morgan fingerprint density at radius 2 is 1.63 bits per heavy atom. The van der Waals surface area contributed by atoms with E-state index in [9.17, 15) is 18.4 Å². The molecule has 2 N–H and O–H groups in total. The van der Waals surface area contributed by atoms with Crippen molar-refractivity contribution in [1.29, 1.82) is 0 Å². The number of benzene rings is 2. The van der Waals surface area contributed by atoms with Crippen LogP contribution in [0.25, 0.3) is 11.3 Å². The lowest BCUT2D eigenvalue weighted by molar-refractivity contribution is -0.139. The highest BCUT2D eigenvalue weighted by Gasteiger charge is 2.18. The van der Waals surface area contributed by atoms with Crippen molar-refractivity contribution in [2.45, 2.75) is 26.6 Å². The number of para-hydroxylation sites is 1. The van der Waals surface area contributed by atoms with Gasteiger partial charge in [0, 0.05) is 23.2 Å². The monoisotopic (exact) mass is 415 g/mol. The van der Waals surface area contributed by atoms with Crippen LogP contribution in [0, 0.1) is 6.92 Å². The molecule has 0 aliphatic rings. The van der Waals surface area contributed by atoms with Crippen molar-refractivity contribution in [3.05, 3.63) is 71.4 Å². The number of alkyl halides is 2. The first-order chi connectivity index (χ1) is 14.5. The van der Waals surface area contributed by atoms with Crippen LogP contribution in [0.4, 0.5) is 8.78 Å². The number of aromatic nitrogens is 1. The summed E-state index contributed by atoms with van der Waals surface area (Å²) in [5.41, 5.74) is 2.41. The summed E-state index contributed by atoms with van der Waals surface area (Å²) in [4.78, 5) is 24.1. The van der Waals surface area contributed by atoms with Crippen molar-refractivity contribution in [1.82, 2.24) is 15.8 Å². The van der Waals surface area contributed by atoms with Crippen LogP contribution < -0.4 is 15.4 Å². The second-order valence-corrected chi connectivity index (χ2v) is 6.30. The van der Waals surface area contributed by atoms with Crippen LogP contribution in [0.5, 0.6) is 5.75 Å². The van der Waals surface area contributed by atoms with E-state index in [-0.39, 0.29) is 18.8 Å². The molecule has 0 fully saturated rings. The number of hydrogen-bond donors (Lipinski definition) is 2. The Kier molecular flexibility index (Phi) is 6.74. The van der Waals surface area contributed by atoms with E-state index in [0.717, 1.165) is 11.1 Å². The van der Waals surface area contributed by atoms with E-state index in [1.165, 1.54) is 18.2 Å². The maximum atomic E-state index is 12.4. The zero-order chi connectivity index (χ0) is 21.5. The van der Waals surface area contributed by atoms with E-state index in [1.54, 1.807) is 13.0 Å². The van der Waals surface area contributed by atoms with Crippen molar-refractivity contribution in [3.8, 4) is 17.1 Å². The number of halogens is 2. The van der Waals surface area contributed by atoms with Crippen molar-refractivity contribution in [2.75, 3.05) is 0 Å². The van der Waals surface area contributed by atoms with Crippen LogP contribution in [0.3, 0.4) is 0 Å². The number of hydrogen-bond acceptors (Lipinski definition) is 5. The molecule has 0 aliphatic carbocycles. The number of nitrogens with one attached hydrogen (secondary N) is 2. The molecule has 0 saturated heterocycles. The van der Waals surface area contributed by atoms with Crippen molar-refractivity contribution in [3.63, 3.8) is 0 Å². The van der Waals surface area contributed by atoms with Crippen LogP contribution in [-0.4, -0.2) is 23.6 Å². The highest BCUT2D eigenvalue weighted by atomic mass is 19.3. The van der Waals surface area contributed by atoms with Crippen LogP contribution in [-0.2, 0) is 22.7 Å². The minimum Gasteiger partial charge on any atom is -0.434 e.